The van der Waals surface area contributed by atoms with E-state index in [1.807, 2.05) is 5.38 Å². The molecule has 1 aromatic heterocycles. The van der Waals surface area contributed by atoms with Crippen LogP contribution in [-0.2, 0) is 6.54 Å². The second-order valence-electron chi connectivity index (χ2n) is 4.51. The van der Waals surface area contributed by atoms with Crippen molar-refractivity contribution in [3.8, 4) is 0 Å². The largest absolute Gasteiger partial charge is 0.316 e. The SMILES string of the molecule is CC1(CNCc2csc(=O)[nH]2)CCNC1. The van der Waals surface area contributed by atoms with Gasteiger partial charge in [-0.15, -0.1) is 0 Å². The summed E-state index contributed by atoms with van der Waals surface area (Å²) < 4.78 is 0. The highest BCUT2D eigenvalue weighted by Crippen LogP contribution is 2.22. The van der Waals surface area contributed by atoms with Crippen LogP contribution in [0.3, 0.4) is 0 Å². The second kappa shape index (κ2) is 4.47. The molecule has 1 unspecified atom stereocenters. The lowest BCUT2D eigenvalue weighted by molar-refractivity contribution is 0.338. The van der Waals surface area contributed by atoms with Crippen molar-refractivity contribution in [1.29, 1.82) is 0 Å². The van der Waals surface area contributed by atoms with Gasteiger partial charge in [-0.25, -0.2) is 0 Å². The Morgan fingerprint density at radius 3 is 3.13 bits per heavy atom. The normalized spacial score (nSPS) is 25.9. The molecule has 1 atom stereocenters. The monoisotopic (exact) mass is 227 g/mol. The molecule has 1 fully saturated rings. The molecule has 0 aliphatic carbocycles. The van der Waals surface area contributed by atoms with Crippen molar-refractivity contribution in [2.24, 2.45) is 5.41 Å². The molecular formula is C10H17N3OS. The average molecular weight is 227 g/mol. The Morgan fingerprint density at radius 1 is 1.67 bits per heavy atom. The number of nitrogens with one attached hydrogen (secondary N) is 3. The molecule has 1 aliphatic heterocycles. The first-order chi connectivity index (χ1) is 7.18. The van der Waals surface area contributed by atoms with E-state index in [1.54, 1.807) is 0 Å². The zero-order chi connectivity index (χ0) is 10.7. The molecule has 1 saturated heterocycles. The predicted octanol–water partition coefficient (Wildman–Crippen LogP) is 0.526. The number of aromatic amines is 1. The molecule has 0 aromatic carbocycles. The van der Waals surface area contributed by atoms with Crippen LogP contribution < -0.4 is 15.5 Å². The molecule has 4 nitrogen and oxygen atoms in total. The highest BCUT2D eigenvalue weighted by atomic mass is 32.1. The van der Waals surface area contributed by atoms with Gasteiger partial charge in [-0.05, 0) is 18.4 Å². The highest BCUT2D eigenvalue weighted by Gasteiger charge is 2.27. The average Bonchev–Trinajstić information content (AvgIpc) is 2.76. The van der Waals surface area contributed by atoms with Gasteiger partial charge in [0.1, 0.15) is 0 Å². The predicted molar refractivity (Wildman–Crippen MR) is 62.2 cm³/mol. The Labute approximate surface area is 93.1 Å². The van der Waals surface area contributed by atoms with Crippen LogP contribution in [0.25, 0.3) is 0 Å². The van der Waals surface area contributed by atoms with E-state index in [0.29, 0.717) is 5.41 Å². The molecule has 5 heteroatoms. The van der Waals surface area contributed by atoms with E-state index in [1.165, 1.54) is 17.8 Å². The quantitative estimate of drug-likeness (QED) is 0.703. The van der Waals surface area contributed by atoms with E-state index >= 15 is 0 Å². The summed E-state index contributed by atoms with van der Waals surface area (Å²) in [5.41, 5.74) is 1.36. The van der Waals surface area contributed by atoms with E-state index in [4.69, 9.17) is 0 Å². The van der Waals surface area contributed by atoms with Crippen LogP contribution in [0.1, 0.15) is 19.0 Å². The van der Waals surface area contributed by atoms with Crippen molar-refractivity contribution in [3.05, 3.63) is 20.7 Å². The molecule has 84 valence electrons. The first-order valence-electron chi connectivity index (χ1n) is 5.26. The van der Waals surface area contributed by atoms with Crippen molar-refractivity contribution in [1.82, 2.24) is 15.6 Å². The summed E-state index contributed by atoms with van der Waals surface area (Å²) in [5.74, 6) is 0. The molecule has 0 saturated carbocycles. The molecule has 0 spiro atoms. The number of H-pyrrole nitrogens is 1. The molecule has 2 heterocycles. The van der Waals surface area contributed by atoms with E-state index in [9.17, 15) is 4.79 Å². The van der Waals surface area contributed by atoms with Gasteiger partial charge >= 0.3 is 4.87 Å². The first kappa shape index (κ1) is 10.9. The fourth-order valence-corrected chi connectivity index (χ4v) is 2.50. The lowest BCUT2D eigenvalue weighted by Crippen LogP contribution is -2.33. The third-order valence-corrected chi connectivity index (χ3v) is 3.61. The molecule has 2 rings (SSSR count). The van der Waals surface area contributed by atoms with Gasteiger partial charge in [0.15, 0.2) is 0 Å². The van der Waals surface area contributed by atoms with Gasteiger partial charge in [0.2, 0.25) is 0 Å². The van der Waals surface area contributed by atoms with E-state index in [-0.39, 0.29) is 4.87 Å². The summed E-state index contributed by atoms with van der Waals surface area (Å²) in [6, 6.07) is 0. The molecular weight excluding hydrogens is 210 g/mol. The summed E-state index contributed by atoms with van der Waals surface area (Å²) in [6.07, 6.45) is 1.22. The number of rotatable bonds is 4. The van der Waals surface area contributed by atoms with Crippen LogP contribution in [0, 0.1) is 5.41 Å². The van der Waals surface area contributed by atoms with Gasteiger partial charge in [0, 0.05) is 30.7 Å². The Bertz CT molecular complexity index is 365. The number of thiazole rings is 1. The number of aromatic nitrogens is 1. The van der Waals surface area contributed by atoms with E-state index < -0.39 is 0 Å². The summed E-state index contributed by atoms with van der Waals surface area (Å²) in [5, 5.41) is 8.64. The van der Waals surface area contributed by atoms with E-state index in [2.05, 4.69) is 22.5 Å². The van der Waals surface area contributed by atoms with Crippen LogP contribution in [-0.4, -0.2) is 24.6 Å². The molecule has 15 heavy (non-hydrogen) atoms. The molecule has 0 bridgehead atoms. The minimum Gasteiger partial charge on any atom is -0.316 e. The maximum atomic E-state index is 10.9. The highest BCUT2D eigenvalue weighted by molar-refractivity contribution is 7.07. The van der Waals surface area contributed by atoms with Crippen LogP contribution in [0.4, 0.5) is 0 Å². The zero-order valence-corrected chi connectivity index (χ0v) is 9.75. The van der Waals surface area contributed by atoms with Gasteiger partial charge in [-0.1, -0.05) is 18.3 Å². The van der Waals surface area contributed by atoms with Crippen molar-refractivity contribution >= 4 is 11.3 Å². The summed E-state index contributed by atoms with van der Waals surface area (Å²) in [7, 11) is 0. The first-order valence-corrected chi connectivity index (χ1v) is 6.14. The number of hydrogen-bond acceptors (Lipinski definition) is 4. The lowest BCUT2D eigenvalue weighted by Gasteiger charge is -2.22. The molecule has 1 aliphatic rings. The molecule has 0 radical (unpaired) electrons. The van der Waals surface area contributed by atoms with Crippen molar-refractivity contribution in [3.63, 3.8) is 0 Å². The summed E-state index contributed by atoms with van der Waals surface area (Å²) >= 11 is 1.22. The molecule has 3 N–H and O–H groups in total. The summed E-state index contributed by atoms with van der Waals surface area (Å²) in [6.45, 7) is 6.25. The topological polar surface area (TPSA) is 56.9 Å². The van der Waals surface area contributed by atoms with Gasteiger partial charge in [-0.2, -0.15) is 0 Å². The number of hydrogen-bond donors (Lipinski definition) is 3. The van der Waals surface area contributed by atoms with Crippen molar-refractivity contribution in [2.75, 3.05) is 19.6 Å². The standard InChI is InChI=1S/C10H17N3OS/c1-10(2-3-11-6-10)7-12-4-8-5-15-9(14)13-8/h5,11-12H,2-4,6-7H2,1H3,(H,13,14). The third-order valence-electron chi connectivity index (χ3n) is 2.90. The van der Waals surface area contributed by atoms with Gasteiger partial charge in [0.25, 0.3) is 0 Å². The van der Waals surface area contributed by atoms with Crippen LogP contribution >= 0.6 is 11.3 Å². The Morgan fingerprint density at radius 2 is 2.53 bits per heavy atom. The second-order valence-corrected chi connectivity index (χ2v) is 5.36. The fraction of sp³-hybridized carbons (Fsp3) is 0.700. The fourth-order valence-electron chi connectivity index (χ4n) is 1.92. The van der Waals surface area contributed by atoms with Gasteiger partial charge in [-0.3, -0.25) is 4.79 Å². The van der Waals surface area contributed by atoms with Crippen molar-refractivity contribution in [2.45, 2.75) is 19.9 Å². The Kier molecular flexibility index (Phi) is 3.23. The van der Waals surface area contributed by atoms with Crippen LogP contribution in [0.5, 0.6) is 0 Å². The maximum absolute atomic E-state index is 10.9. The Hall–Kier alpha value is -0.650. The van der Waals surface area contributed by atoms with Gasteiger partial charge < -0.3 is 15.6 Å². The zero-order valence-electron chi connectivity index (χ0n) is 8.93. The maximum Gasteiger partial charge on any atom is 0.304 e. The van der Waals surface area contributed by atoms with Crippen molar-refractivity contribution < 1.29 is 0 Å². The van der Waals surface area contributed by atoms with Crippen LogP contribution in [0.15, 0.2) is 10.2 Å². The minimum absolute atomic E-state index is 0.0283. The van der Waals surface area contributed by atoms with Crippen LogP contribution in [0.2, 0.25) is 0 Å². The molecule has 1 aromatic rings. The smallest absolute Gasteiger partial charge is 0.304 e. The Balaban J connectivity index is 1.77. The molecule has 0 amide bonds. The third kappa shape index (κ3) is 2.90. The summed E-state index contributed by atoms with van der Waals surface area (Å²) in [4.78, 5) is 13.7. The lowest BCUT2D eigenvalue weighted by atomic mass is 9.90. The van der Waals surface area contributed by atoms with E-state index in [0.717, 1.165) is 31.9 Å². The van der Waals surface area contributed by atoms with Gasteiger partial charge in [0.05, 0.1) is 0 Å². The minimum atomic E-state index is 0.0283.